The van der Waals surface area contributed by atoms with Gasteiger partial charge < -0.3 is 19.4 Å². The number of ether oxygens (including phenoxy) is 1. The van der Waals surface area contributed by atoms with Gasteiger partial charge in [-0.25, -0.2) is 9.97 Å². The van der Waals surface area contributed by atoms with Gasteiger partial charge in [-0.1, -0.05) is 6.07 Å². The van der Waals surface area contributed by atoms with Crippen LogP contribution in [0.3, 0.4) is 0 Å². The Hall–Kier alpha value is -3.94. The van der Waals surface area contributed by atoms with Crippen molar-refractivity contribution in [2.24, 2.45) is 5.92 Å². The number of carbonyl (C=O) groups is 2. The van der Waals surface area contributed by atoms with E-state index in [4.69, 9.17) is 4.74 Å². The summed E-state index contributed by atoms with van der Waals surface area (Å²) in [6, 6.07) is 15.8. The van der Waals surface area contributed by atoms with Crippen LogP contribution in [-0.2, 0) is 9.59 Å². The van der Waals surface area contributed by atoms with E-state index in [9.17, 15) is 9.59 Å². The average Bonchev–Trinajstić information content (AvgIpc) is 3.31. The van der Waals surface area contributed by atoms with Crippen molar-refractivity contribution < 1.29 is 14.3 Å². The lowest BCUT2D eigenvalue weighted by Gasteiger charge is -2.36. The largest absolute Gasteiger partial charge is 0.497 e. The molecule has 0 saturated carbocycles. The van der Waals surface area contributed by atoms with Crippen LogP contribution in [0.5, 0.6) is 5.75 Å². The number of benzene rings is 2. The summed E-state index contributed by atoms with van der Waals surface area (Å²) >= 11 is 0. The molecule has 2 aliphatic heterocycles. The van der Waals surface area contributed by atoms with Gasteiger partial charge in [0.2, 0.25) is 11.8 Å². The number of aryl methyl sites for hydroxylation is 2. The molecule has 8 heteroatoms. The first kappa shape index (κ1) is 23.8. The summed E-state index contributed by atoms with van der Waals surface area (Å²) in [6.07, 6.45) is 1.85. The standard InChI is InChI=1S/C28H31N5O3/c1-19-4-7-23(14-20(19)2)33-17-22(15-27(33)34)28(35)32-12-10-31(11-13-32)26-16-25(29-18-30-26)21-5-8-24(36-3)9-6-21/h4-9,14,16,18,22H,10-13,15,17H2,1-3H3. The van der Waals surface area contributed by atoms with Crippen LogP contribution >= 0.6 is 0 Å². The first-order valence-corrected chi connectivity index (χ1v) is 12.3. The van der Waals surface area contributed by atoms with Crippen molar-refractivity contribution in [1.29, 1.82) is 0 Å². The van der Waals surface area contributed by atoms with E-state index in [0.29, 0.717) is 32.7 Å². The number of methoxy groups -OCH3 is 1. The third kappa shape index (κ3) is 4.76. The van der Waals surface area contributed by atoms with Crippen LogP contribution in [0.25, 0.3) is 11.3 Å². The minimum Gasteiger partial charge on any atom is -0.497 e. The monoisotopic (exact) mass is 485 g/mol. The van der Waals surface area contributed by atoms with Crippen LogP contribution in [0.15, 0.2) is 54.9 Å². The van der Waals surface area contributed by atoms with Gasteiger partial charge in [-0.3, -0.25) is 9.59 Å². The lowest BCUT2D eigenvalue weighted by Crippen LogP contribution is -2.51. The smallest absolute Gasteiger partial charge is 0.228 e. The van der Waals surface area contributed by atoms with Crippen LogP contribution in [0.4, 0.5) is 11.5 Å². The molecule has 2 amide bonds. The van der Waals surface area contributed by atoms with Gasteiger partial charge in [0.1, 0.15) is 17.9 Å². The van der Waals surface area contributed by atoms with Gasteiger partial charge in [0.25, 0.3) is 0 Å². The molecular formula is C28H31N5O3. The summed E-state index contributed by atoms with van der Waals surface area (Å²) in [6.45, 7) is 7.12. The van der Waals surface area contributed by atoms with E-state index < -0.39 is 0 Å². The molecule has 8 nitrogen and oxygen atoms in total. The van der Waals surface area contributed by atoms with Gasteiger partial charge >= 0.3 is 0 Å². The number of hydrogen-bond donors (Lipinski definition) is 0. The van der Waals surface area contributed by atoms with Gasteiger partial charge in [0.15, 0.2) is 0 Å². The minimum atomic E-state index is -0.300. The van der Waals surface area contributed by atoms with E-state index in [0.717, 1.165) is 34.1 Å². The van der Waals surface area contributed by atoms with Gasteiger partial charge in [-0.15, -0.1) is 0 Å². The van der Waals surface area contributed by atoms with E-state index in [2.05, 4.69) is 21.8 Å². The lowest BCUT2D eigenvalue weighted by atomic mass is 10.1. The molecule has 5 rings (SSSR count). The molecule has 2 aromatic carbocycles. The van der Waals surface area contributed by atoms with Crippen molar-refractivity contribution in [1.82, 2.24) is 14.9 Å². The van der Waals surface area contributed by atoms with E-state index in [1.807, 2.05) is 60.4 Å². The number of anilines is 2. The highest BCUT2D eigenvalue weighted by Gasteiger charge is 2.38. The second kappa shape index (κ2) is 9.97. The molecule has 3 heterocycles. The fraction of sp³-hybridized carbons (Fsp3) is 0.357. The molecular weight excluding hydrogens is 454 g/mol. The summed E-state index contributed by atoms with van der Waals surface area (Å²) in [7, 11) is 1.65. The normalized spacial score (nSPS) is 18.0. The van der Waals surface area contributed by atoms with E-state index in [1.54, 1.807) is 18.3 Å². The Morgan fingerprint density at radius 2 is 1.69 bits per heavy atom. The summed E-state index contributed by atoms with van der Waals surface area (Å²) in [5.74, 6) is 1.43. The Bertz CT molecular complexity index is 1270. The maximum Gasteiger partial charge on any atom is 0.228 e. The number of nitrogens with zero attached hydrogens (tertiary/aromatic N) is 5. The fourth-order valence-corrected chi connectivity index (χ4v) is 4.87. The van der Waals surface area contributed by atoms with Crippen LogP contribution in [-0.4, -0.2) is 66.5 Å². The average molecular weight is 486 g/mol. The van der Waals surface area contributed by atoms with Gasteiger partial charge in [-0.05, 0) is 61.4 Å². The SMILES string of the molecule is COc1ccc(-c2cc(N3CCN(C(=O)C4CC(=O)N(c5ccc(C)c(C)c5)C4)CC3)ncn2)cc1. The molecule has 2 saturated heterocycles. The molecule has 0 bridgehead atoms. The zero-order valence-corrected chi connectivity index (χ0v) is 21.0. The zero-order chi connectivity index (χ0) is 25.2. The van der Waals surface area contributed by atoms with Crippen molar-refractivity contribution in [3.8, 4) is 17.0 Å². The molecule has 0 aliphatic carbocycles. The molecule has 186 valence electrons. The topological polar surface area (TPSA) is 78.9 Å². The third-order valence-corrected chi connectivity index (χ3v) is 7.23. The van der Waals surface area contributed by atoms with Crippen molar-refractivity contribution in [3.05, 3.63) is 66.0 Å². The molecule has 1 atom stereocenters. The van der Waals surface area contributed by atoms with E-state index >= 15 is 0 Å². The number of aromatic nitrogens is 2. The molecule has 0 spiro atoms. The Morgan fingerprint density at radius 1 is 0.944 bits per heavy atom. The highest BCUT2D eigenvalue weighted by atomic mass is 16.5. The van der Waals surface area contributed by atoms with Crippen LogP contribution < -0.4 is 14.5 Å². The number of amides is 2. The maximum atomic E-state index is 13.3. The second-order valence-corrected chi connectivity index (χ2v) is 9.48. The lowest BCUT2D eigenvalue weighted by molar-refractivity contribution is -0.136. The molecule has 1 unspecified atom stereocenters. The van der Waals surface area contributed by atoms with Gasteiger partial charge in [0, 0.05) is 56.5 Å². The van der Waals surface area contributed by atoms with E-state index in [-0.39, 0.29) is 24.2 Å². The first-order chi connectivity index (χ1) is 17.4. The highest BCUT2D eigenvalue weighted by molar-refractivity contribution is 6.00. The summed E-state index contributed by atoms with van der Waals surface area (Å²) in [4.78, 5) is 40.7. The summed E-state index contributed by atoms with van der Waals surface area (Å²) in [5, 5.41) is 0. The predicted molar refractivity (Wildman–Crippen MR) is 139 cm³/mol. The Morgan fingerprint density at radius 3 is 2.39 bits per heavy atom. The molecule has 2 aliphatic rings. The second-order valence-electron chi connectivity index (χ2n) is 9.48. The predicted octanol–water partition coefficient (Wildman–Crippen LogP) is 3.47. The molecule has 3 aromatic rings. The van der Waals surface area contributed by atoms with Crippen LogP contribution in [0.2, 0.25) is 0 Å². The number of hydrogen-bond acceptors (Lipinski definition) is 6. The molecule has 0 N–H and O–H groups in total. The van der Waals surface area contributed by atoms with E-state index in [1.165, 1.54) is 5.56 Å². The zero-order valence-electron chi connectivity index (χ0n) is 21.0. The highest BCUT2D eigenvalue weighted by Crippen LogP contribution is 2.29. The Kier molecular flexibility index (Phi) is 6.59. The quantitative estimate of drug-likeness (QED) is 0.551. The molecule has 1 aromatic heterocycles. The number of carbonyl (C=O) groups excluding carboxylic acids is 2. The minimum absolute atomic E-state index is 0.0160. The van der Waals surface area contributed by atoms with Crippen LogP contribution in [0.1, 0.15) is 17.5 Å². The van der Waals surface area contributed by atoms with Crippen molar-refractivity contribution in [2.45, 2.75) is 20.3 Å². The van der Waals surface area contributed by atoms with Gasteiger partial charge in [-0.2, -0.15) is 0 Å². The summed E-state index contributed by atoms with van der Waals surface area (Å²) in [5.41, 5.74) is 5.05. The van der Waals surface area contributed by atoms with Crippen molar-refractivity contribution in [3.63, 3.8) is 0 Å². The Balaban J connectivity index is 1.20. The maximum absolute atomic E-state index is 13.3. The first-order valence-electron chi connectivity index (χ1n) is 12.3. The van der Waals surface area contributed by atoms with Crippen LogP contribution in [0, 0.1) is 19.8 Å². The van der Waals surface area contributed by atoms with Crippen molar-refractivity contribution in [2.75, 3.05) is 49.6 Å². The number of rotatable bonds is 5. The summed E-state index contributed by atoms with van der Waals surface area (Å²) < 4.78 is 5.24. The third-order valence-electron chi connectivity index (χ3n) is 7.23. The van der Waals surface area contributed by atoms with Gasteiger partial charge in [0.05, 0.1) is 18.7 Å². The number of piperazine rings is 1. The van der Waals surface area contributed by atoms with Crippen molar-refractivity contribution >= 4 is 23.3 Å². The molecule has 2 fully saturated rings. The fourth-order valence-electron chi connectivity index (χ4n) is 4.87. The molecule has 0 radical (unpaired) electrons. The molecule has 36 heavy (non-hydrogen) atoms. The Labute approximate surface area is 211 Å².